The van der Waals surface area contributed by atoms with Gasteiger partial charge in [0.2, 0.25) is 15.7 Å². The maximum absolute atomic E-state index is 13.1. The molecule has 0 aromatic heterocycles. The van der Waals surface area contributed by atoms with Gasteiger partial charge in [0.1, 0.15) is 5.69 Å². The van der Waals surface area contributed by atoms with Gasteiger partial charge in [0, 0.05) is 31.7 Å². The van der Waals surface area contributed by atoms with Crippen molar-refractivity contribution in [3.05, 3.63) is 58.1 Å². The molecule has 1 unspecified atom stereocenters. The van der Waals surface area contributed by atoms with Crippen LogP contribution in [-0.2, 0) is 14.6 Å². The van der Waals surface area contributed by atoms with Gasteiger partial charge < -0.3 is 15.8 Å². The van der Waals surface area contributed by atoms with Gasteiger partial charge >= 0.3 is 0 Å². The maximum Gasteiger partial charge on any atom is 0.293 e. The third kappa shape index (κ3) is 4.59. The Morgan fingerprint density at radius 3 is 2.69 bits per heavy atom. The standard InChI is InChI=1S/C21H24N4O6S/c22-21(26)17-3-1-2-4-20(17)32(29,30)16-7-8-18(19(11-16)25(27)28)23-12-15-13-24(9-10-31-15)14-5-6-14/h1-4,7-8,11,14-15,23H,5-6,9-10,12-13H2,(H2,22,26). The Hall–Kier alpha value is -3.02. The Labute approximate surface area is 185 Å². The first-order valence-corrected chi connectivity index (χ1v) is 11.8. The van der Waals surface area contributed by atoms with Crippen molar-refractivity contribution < 1.29 is 22.9 Å². The predicted octanol–water partition coefficient (Wildman–Crippen LogP) is 1.80. The van der Waals surface area contributed by atoms with Crippen molar-refractivity contribution in [1.82, 2.24) is 4.90 Å². The van der Waals surface area contributed by atoms with Crippen LogP contribution in [0.4, 0.5) is 11.4 Å². The first-order chi connectivity index (χ1) is 15.3. The average Bonchev–Trinajstić information content (AvgIpc) is 3.63. The molecule has 1 aliphatic heterocycles. The molecule has 1 aliphatic carbocycles. The van der Waals surface area contributed by atoms with E-state index in [1.54, 1.807) is 0 Å². The normalized spacial score (nSPS) is 19.4. The lowest BCUT2D eigenvalue weighted by Crippen LogP contribution is -2.46. The molecule has 1 saturated carbocycles. The maximum atomic E-state index is 13.1. The fourth-order valence-electron chi connectivity index (χ4n) is 3.87. The number of nitro groups is 1. The van der Waals surface area contributed by atoms with Crippen LogP contribution < -0.4 is 11.1 Å². The number of anilines is 1. The minimum atomic E-state index is -4.20. The summed E-state index contributed by atoms with van der Waals surface area (Å²) in [4.78, 5) is 24.5. The van der Waals surface area contributed by atoms with Gasteiger partial charge in [-0.3, -0.25) is 19.8 Å². The highest BCUT2D eigenvalue weighted by Gasteiger charge is 2.33. The lowest BCUT2D eigenvalue weighted by molar-refractivity contribution is -0.384. The van der Waals surface area contributed by atoms with Crippen molar-refractivity contribution in [2.45, 2.75) is 34.8 Å². The van der Waals surface area contributed by atoms with Gasteiger partial charge in [-0.25, -0.2) is 8.42 Å². The molecule has 2 aromatic carbocycles. The summed E-state index contributed by atoms with van der Waals surface area (Å²) in [5.74, 6) is -0.898. The van der Waals surface area contributed by atoms with Crippen molar-refractivity contribution in [2.75, 3.05) is 31.6 Å². The molecule has 0 spiro atoms. The number of nitrogens with two attached hydrogens (primary N) is 1. The second kappa shape index (κ2) is 8.85. The number of nitrogens with one attached hydrogen (secondary N) is 1. The quantitative estimate of drug-likeness (QED) is 0.448. The van der Waals surface area contributed by atoms with E-state index < -0.39 is 20.7 Å². The summed E-state index contributed by atoms with van der Waals surface area (Å²) in [7, 11) is -4.20. The summed E-state index contributed by atoms with van der Waals surface area (Å²) in [5, 5.41) is 14.7. The monoisotopic (exact) mass is 460 g/mol. The van der Waals surface area contributed by atoms with Gasteiger partial charge in [-0.15, -0.1) is 0 Å². The first kappa shape index (κ1) is 22.2. The van der Waals surface area contributed by atoms with Crippen LogP contribution in [0.5, 0.6) is 0 Å². The van der Waals surface area contributed by atoms with E-state index in [9.17, 15) is 23.3 Å². The molecular formula is C21H24N4O6S. The molecule has 3 N–H and O–H groups in total. The van der Waals surface area contributed by atoms with E-state index in [1.165, 1.54) is 49.2 Å². The predicted molar refractivity (Wildman–Crippen MR) is 116 cm³/mol. The number of amides is 1. The lowest BCUT2D eigenvalue weighted by atomic mass is 10.2. The zero-order chi connectivity index (χ0) is 22.9. The van der Waals surface area contributed by atoms with Crippen LogP contribution >= 0.6 is 0 Å². The molecule has 2 aromatic rings. The minimum absolute atomic E-state index is 0.116. The fraction of sp³-hybridized carbons (Fsp3) is 0.381. The summed E-state index contributed by atoms with van der Waals surface area (Å²) in [5.41, 5.74) is 4.94. The lowest BCUT2D eigenvalue weighted by Gasteiger charge is -2.33. The second-order valence-electron chi connectivity index (χ2n) is 7.90. The summed E-state index contributed by atoms with van der Waals surface area (Å²) >= 11 is 0. The van der Waals surface area contributed by atoms with E-state index in [-0.39, 0.29) is 32.8 Å². The third-order valence-corrected chi connectivity index (χ3v) is 7.48. The Kier molecular flexibility index (Phi) is 6.13. The Balaban J connectivity index is 1.57. The molecule has 0 radical (unpaired) electrons. The van der Waals surface area contributed by atoms with Crippen LogP contribution in [0.1, 0.15) is 23.2 Å². The van der Waals surface area contributed by atoms with Gasteiger partial charge in [-0.05, 0) is 37.1 Å². The van der Waals surface area contributed by atoms with Crippen LogP contribution in [0.15, 0.2) is 52.3 Å². The van der Waals surface area contributed by atoms with Gasteiger partial charge in [-0.2, -0.15) is 0 Å². The highest BCUT2D eigenvalue weighted by Crippen LogP contribution is 2.32. The molecule has 1 saturated heterocycles. The highest BCUT2D eigenvalue weighted by molar-refractivity contribution is 7.91. The largest absolute Gasteiger partial charge is 0.377 e. The van der Waals surface area contributed by atoms with E-state index in [1.807, 2.05) is 0 Å². The van der Waals surface area contributed by atoms with E-state index in [0.29, 0.717) is 19.2 Å². The fourth-order valence-corrected chi connectivity index (χ4v) is 5.36. The third-order valence-electron chi connectivity index (χ3n) is 5.67. The van der Waals surface area contributed by atoms with Gasteiger partial charge in [0.05, 0.1) is 33.0 Å². The Morgan fingerprint density at radius 1 is 1.25 bits per heavy atom. The summed E-state index contributed by atoms with van der Waals surface area (Å²) in [6, 6.07) is 9.75. The van der Waals surface area contributed by atoms with Gasteiger partial charge in [-0.1, -0.05) is 12.1 Å². The van der Waals surface area contributed by atoms with E-state index in [4.69, 9.17) is 10.5 Å². The molecule has 4 rings (SSSR count). The number of hydrogen-bond donors (Lipinski definition) is 2. The SMILES string of the molecule is NC(=O)c1ccccc1S(=O)(=O)c1ccc(NCC2CN(C3CC3)CCO2)c([N+](=O)[O-])c1. The number of carbonyl (C=O) groups is 1. The topological polar surface area (TPSA) is 145 Å². The van der Waals surface area contributed by atoms with E-state index in [2.05, 4.69) is 10.2 Å². The van der Waals surface area contributed by atoms with Crippen molar-refractivity contribution >= 4 is 27.1 Å². The first-order valence-electron chi connectivity index (χ1n) is 10.3. The zero-order valence-electron chi connectivity index (χ0n) is 17.3. The second-order valence-corrected chi connectivity index (χ2v) is 9.82. The van der Waals surface area contributed by atoms with Crippen LogP contribution in [0.25, 0.3) is 0 Å². The van der Waals surface area contributed by atoms with E-state index >= 15 is 0 Å². The zero-order valence-corrected chi connectivity index (χ0v) is 18.1. The van der Waals surface area contributed by atoms with Crippen LogP contribution in [0.2, 0.25) is 0 Å². The number of sulfone groups is 1. The smallest absolute Gasteiger partial charge is 0.293 e. The number of carbonyl (C=O) groups excluding carboxylic acids is 1. The molecule has 2 aliphatic rings. The number of nitro benzene ring substituents is 1. The van der Waals surface area contributed by atoms with Crippen molar-refractivity contribution in [1.29, 1.82) is 0 Å². The number of benzene rings is 2. The van der Waals surface area contributed by atoms with Crippen LogP contribution in [0, 0.1) is 10.1 Å². The van der Waals surface area contributed by atoms with Gasteiger partial charge in [0.25, 0.3) is 5.69 Å². The number of rotatable bonds is 8. The van der Waals surface area contributed by atoms with Crippen molar-refractivity contribution in [3.8, 4) is 0 Å². The number of nitrogens with zero attached hydrogens (tertiary/aromatic N) is 2. The number of morpholine rings is 1. The molecule has 1 heterocycles. The Morgan fingerprint density at radius 2 is 2.00 bits per heavy atom. The van der Waals surface area contributed by atoms with Crippen molar-refractivity contribution in [3.63, 3.8) is 0 Å². The summed E-state index contributed by atoms with van der Waals surface area (Å²) in [6.45, 7) is 2.62. The van der Waals surface area contributed by atoms with Gasteiger partial charge in [0.15, 0.2) is 0 Å². The van der Waals surface area contributed by atoms with Crippen molar-refractivity contribution in [2.24, 2.45) is 5.73 Å². The summed E-state index contributed by atoms with van der Waals surface area (Å²) in [6.07, 6.45) is 2.27. The molecule has 170 valence electrons. The van der Waals surface area contributed by atoms with Crippen LogP contribution in [0.3, 0.4) is 0 Å². The highest BCUT2D eigenvalue weighted by atomic mass is 32.2. The van der Waals surface area contributed by atoms with Crippen LogP contribution in [-0.4, -0.2) is 62.5 Å². The molecular weight excluding hydrogens is 436 g/mol. The van der Waals surface area contributed by atoms with E-state index in [0.717, 1.165) is 19.2 Å². The molecule has 0 bridgehead atoms. The molecule has 1 amide bonds. The number of primary amides is 1. The molecule has 11 heteroatoms. The number of ether oxygens (including phenoxy) is 1. The minimum Gasteiger partial charge on any atom is -0.377 e. The number of hydrogen-bond acceptors (Lipinski definition) is 8. The average molecular weight is 461 g/mol. The molecule has 1 atom stereocenters. The molecule has 2 fully saturated rings. The molecule has 10 nitrogen and oxygen atoms in total. The summed E-state index contributed by atoms with van der Waals surface area (Å²) < 4.78 is 31.9. The molecule has 32 heavy (non-hydrogen) atoms. The Bertz CT molecular complexity index is 1150.